The average Bonchev–Trinajstić information content (AvgIpc) is 2.98. The van der Waals surface area contributed by atoms with Crippen molar-refractivity contribution in [2.75, 3.05) is 5.32 Å². The standard InChI is InChI=1S/C16H17F3N2O2/c17-16(18,19)15(23)21-13-8-4-3-7-12(13)10-20-14(22)9-11-5-1-2-6-11/h3-4,7-9H,1-2,5-6,10H2,(H,20,22)(H,21,23). The van der Waals surface area contributed by atoms with Crippen LogP contribution >= 0.6 is 0 Å². The summed E-state index contributed by atoms with van der Waals surface area (Å²) in [6.45, 7) is 0.0386. The molecule has 1 saturated carbocycles. The van der Waals surface area contributed by atoms with E-state index in [0.717, 1.165) is 31.3 Å². The lowest BCUT2D eigenvalue weighted by atomic mass is 10.1. The van der Waals surface area contributed by atoms with E-state index in [9.17, 15) is 22.8 Å². The van der Waals surface area contributed by atoms with Crippen molar-refractivity contribution < 1.29 is 22.8 Å². The Labute approximate surface area is 131 Å². The molecule has 0 spiro atoms. The van der Waals surface area contributed by atoms with E-state index in [1.807, 2.05) is 5.32 Å². The fourth-order valence-electron chi connectivity index (χ4n) is 2.38. The van der Waals surface area contributed by atoms with Gasteiger partial charge >= 0.3 is 12.1 Å². The van der Waals surface area contributed by atoms with Crippen molar-refractivity contribution >= 4 is 17.5 Å². The highest BCUT2D eigenvalue weighted by atomic mass is 19.4. The highest BCUT2D eigenvalue weighted by molar-refractivity contribution is 5.95. The number of amides is 2. The van der Waals surface area contributed by atoms with Crippen LogP contribution < -0.4 is 10.6 Å². The van der Waals surface area contributed by atoms with E-state index in [-0.39, 0.29) is 18.1 Å². The number of carbonyl (C=O) groups is 2. The number of alkyl halides is 3. The van der Waals surface area contributed by atoms with Gasteiger partial charge in [0.1, 0.15) is 0 Å². The lowest BCUT2D eigenvalue weighted by Crippen LogP contribution is -2.30. The zero-order chi connectivity index (χ0) is 16.9. The van der Waals surface area contributed by atoms with Gasteiger partial charge in [0.15, 0.2) is 0 Å². The van der Waals surface area contributed by atoms with Crippen molar-refractivity contribution in [3.05, 3.63) is 41.5 Å². The Hall–Kier alpha value is -2.31. The molecule has 23 heavy (non-hydrogen) atoms. The van der Waals surface area contributed by atoms with Crippen LogP contribution in [0.4, 0.5) is 18.9 Å². The second-order valence-electron chi connectivity index (χ2n) is 5.34. The number of anilines is 1. The SMILES string of the molecule is O=C(C=C1CCCC1)NCc1ccccc1NC(=O)C(F)(F)F. The summed E-state index contributed by atoms with van der Waals surface area (Å²) >= 11 is 0. The number of para-hydroxylation sites is 1. The summed E-state index contributed by atoms with van der Waals surface area (Å²) in [5, 5.41) is 4.45. The van der Waals surface area contributed by atoms with Crippen LogP contribution in [0.2, 0.25) is 0 Å². The van der Waals surface area contributed by atoms with Crippen LogP contribution in [0.1, 0.15) is 31.2 Å². The van der Waals surface area contributed by atoms with Gasteiger partial charge in [-0.15, -0.1) is 0 Å². The van der Waals surface area contributed by atoms with Crippen molar-refractivity contribution in [3.8, 4) is 0 Å². The molecule has 1 aliphatic rings. The van der Waals surface area contributed by atoms with E-state index in [0.29, 0.717) is 5.56 Å². The first-order chi connectivity index (χ1) is 10.9. The van der Waals surface area contributed by atoms with Gasteiger partial charge in [0.05, 0.1) is 0 Å². The van der Waals surface area contributed by atoms with E-state index in [2.05, 4.69) is 5.32 Å². The topological polar surface area (TPSA) is 58.2 Å². The van der Waals surface area contributed by atoms with Crippen LogP contribution in [0.3, 0.4) is 0 Å². The number of hydrogen-bond acceptors (Lipinski definition) is 2. The number of benzene rings is 1. The van der Waals surface area contributed by atoms with Gasteiger partial charge in [0.25, 0.3) is 0 Å². The monoisotopic (exact) mass is 326 g/mol. The predicted molar refractivity (Wildman–Crippen MR) is 79.5 cm³/mol. The van der Waals surface area contributed by atoms with Crippen molar-refractivity contribution in [3.63, 3.8) is 0 Å². The quantitative estimate of drug-likeness (QED) is 0.834. The Morgan fingerprint density at radius 3 is 2.43 bits per heavy atom. The normalized spacial score (nSPS) is 14.5. The van der Waals surface area contributed by atoms with Crippen molar-refractivity contribution in [2.45, 2.75) is 38.4 Å². The second-order valence-corrected chi connectivity index (χ2v) is 5.34. The number of carbonyl (C=O) groups excluding carboxylic acids is 2. The van der Waals surface area contributed by atoms with Crippen LogP contribution in [0.5, 0.6) is 0 Å². The van der Waals surface area contributed by atoms with Gasteiger partial charge in [-0.3, -0.25) is 9.59 Å². The maximum absolute atomic E-state index is 12.3. The molecule has 0 unspecified atom stereocenters. The minimum absolute atomic E-state index is 0.0312. The molecule has 1 fully saturated rings. The fourth-order valence-corrected chi connectivity index (χ4v) is 2.38. The third-order valence-corrected chi connectivity index (χ3v) is 3.56. The minimum atomic E-state index is -4.96. The first-order valence-electron chi connectivity index (χ1n) is 7.29. The van der Waals surface area contributed by atoms with Crippen LogP contribution in [-0.2, 0) is 16.1 Å². The summed E-state index contributed by atoms with van der Waals surface area (Å²) in [5.41, 5.74) is 1.52. The Bertz CT molecular complexity index is 616. The zero-order valence-electron chi connectivity index (χ0n) is 12.4. The van der Waals surface area contributed by atoms with E-state index in [1.165, 1.54) is 12.1 Å². The predicted octanol–water partition coefficient (Wildman–Crippen LogP) is 3.30. The third kappa shape index (κ3) is 5.12. The Balaban J connectivity index is 1.99. The van der Waals surface area contributed by atoms with E-state index in [1.54, 1.807) is 18.2 Å². The van der Waals surface area contributed by atoms with Gasteiger partial charge in [0, 0.05) is 18.3 Å². The lowest BCUT2D eigenvalue weighted by Gasteiger charge is -2.12. The van der Waals surface area contributed by atoms with Gasteiger partial charge < -0.3 is 10.6 Å². The number of rotatable bonds is 4. The van der Waals surface area contributed by atoms with Crippen LogP contribution in [0.25, 0.3) is 0 Å². The summed E-state index contributed by atoms with van der Waals surface area (Å²) in [5.74, 6) is -2.32. The molecule has 2 amide bonds. The molecule has 0 aliphatic heterocycles. The summed E-state index contributed by atoms with van der Waals surface area (Å²) in [6, 6.07) is 6.05. The van der Waals surface area contributed by atoms with Crippen LogP contribution in [-0.4, -0.2) is 18.0 Å². The molecule has 1 aromatic rings. The summed E-state index contributed by atoms with van der Waals surface area (Å²) in [4.78, 5) is 22.8. The van der Waals surface area contributed by atoms with Crippen LogP contribution in [0.15, 0.2) is 35.9 Å². The van der Waals surface area contributed by atoms with Crippen molar-refractivity contribution in [2.24, 2.45) is 0 Å². The number of hydrogen-bond donors (Lipinski definition) is 2. The number of nitrogens with one attached hydrogen (secondary N) is 2. The summed E-state index contributed by atoms with van der Waals surface area (Å²) in [6.07, 6.45) is 0.557. The summed E-state index contributed by atoms with van der Waals surface area (Å²) in [7, 11) is 0. The molecule has 0 heterocycles. The van der Waals surface area contributed by atoms with Gasteiger partial charge in [-0.25, -0.2) is 0 Å². The van der Waals surface area contributed by atoms with Crippen molar-refractivity contribution in [1.29, 1.82) is 0 Å². The number of halogens is 3. The average molecular weight is 326 g/mol. The molecular formula is C16H17F3N2O2. The Morgan fingerprint density at radius 2 is 1.78 bits per heavy atom. The molecule has 0 radical (unpaired) electrons. The fraction of sp³-hybridized carbons (Fsp3) is 0.375. The largest absolute Gasteiger partial charge is 0.471 e. The highest BCUT2D eigenvalue weighted by Crippen LogP contribution is 2.23. The van der Waals surface area contributed by atoms with Crippen LogP contribution in [0, 0.1) is 0 Å². The lowest BCUT2D eigenvalue weighted by molar-refractivity contribution is -0.167. The van der Waals surface area contributed by atoms with Crippen molar-refractivity contribution in [1.82, 2.24) is 5.32 Å². The molecule has 0 saturated heterocycles. The molecule has 0 bridgehead atoms. The van der Waals surface area contributed by atoms with Gasteiger partial charge in [-0.2, -0.15) is 13.2 Å². The van der Waals surface area contributed by atoms with E-state index >= 15 is 0 Å². The molecule has 1 aliphatic carbocycles. The number of allylic oxidation sites excluding steroid dienone is 1. The van der Waals surface area contributed by atoms with E-state index < -0.39 is 12.1 Å². The first-order valence-corrected chi connectivity index (χ1v) is 7.29. The maximum Gasteiger partial charge on any atom is 0.471 e. The summed E-state index contributed by atoms with van der Waals surface area (Å²) < 4.78 is 37.0. The molecule has 4 nitrogen and oxygen atoms in total. The first kappa shape index (κ1) is 17.1. The zero-order valence-corrected chi connectivity index (χ0v) is 12.4. The van der Waals surface area contributed by atoms with E-state index in [4.69, 9.17) is 0 Å². The maximum atomic E-state index is 12.3. The van der Waals surface area contributed by atoms with Gasteiger partial charge in [0.2, 0.25) is 5.91 Å². The van der Waals surface area contributed by atoms with Gasteiger partial charge in [-0.05, 0) is 37.3 Å². The molecule has 2 rings (SSSR count). The molecule has 7 heteroatoms. The third-order valence-electron chi connectivity index (χ3n) is 3.56. The second kappa shape index (κ2) is 7.30. The molecule has 1 aromatic carbocycles. The molecular weight excluding hydrogens is 309 g/mol. The molecule has 0 aromatic heterocycles. The Kier molecular flexibility index (Phi) is 5.41. The Morgan fingerprint density at radius 1 is 1.13 bits per heavy atom. The molecule has 124 valence electrons. The molecule has 0 atom stereocenters. The van der Waals surface area contributed by atoms with Gasteiger partial charge in [-0.1, -0.05) is 23.8 Å². The molecule has 2 N–H and O–H groups in total. The highest BCUT2D eigenvalue weighted by Gasteiger charge is 2.38. The minimum Gasteiger partial charge on any atom is -0.348 e. The smallest absolute Gasteiger partial charge is 0.348 e.